The molecule has 0 spiro atoms. The maximum absolute atomic E-state index is 13.4. The number of nitrogens with zero attached hydrogens (tertiary/aromatic N) is 1. The van der Waals surface area contributed by atoms with Gasteiger partial charge in [-0.25, -0.2) is 4.98 Å². The third kappa shape index (κ3) is 4.72. The molecule has 3 aliphatic rings. The number of nitrogens with one attached hydrogen (secondary N) is 2. The van der Waals surface area contributed by atoms with Crippen molar-refractivity contribution in [1.82, 2.24) is 10.3 Å². The van der Waals surface area contributed by atoms with Crippen molar-refractivity contribution in [2.45, 2.75) is 56.4 Å². The molecule has 2 saturated carbocycles. The van der Waals surface area contributed by atoms with Crippen LogP contribution in [-0.4, -0.2) is 24.2 Å². The van der Waals surface area contributed by atoms with Gasteiger partial charge in [0.2, 0.25) is 12.7 Å². The summed E-state index contributed by atoms with van der Waals surface area (Å²) in [5, 5.41) is 8.21. The first kappa shape index (κ1) is 23.8. The van der Waals surface area contributed by atoms with Crippen molar-refractivity contribution in [2.24, 2.45) is 5.92 Å². The number of anilines is 1. The van der Waals surface area contributed by atoms with Crippen LogP contribution in [0.2, 0.25) is 5.02 Å². The summed E-state index contributed by atoms with van der Waals surface area (Å²) in [6, 6.07) is 13.7. The van der Waals surface area contributed by atoms with E-state index in [0.29, 0.717) is 16.8 Å². The van der Waals surface area contributed by atoms with Gasteiger partial charge in [0, 0.05) is 16.1 Å². The average Bonchev–Trinajstić information content (AvgIpc) is 3.36. The highest BCUT2D eigenvalue weighted by atomic mass is 35.5. The zero-order valence-corrected chi connectivity index (χ0v) is 21.7. The summed E-state index contributed by atoms with van der Waals surface area (Å²) in [7, 11) is 0. The van der Waals surface area contributed by atoms with Crippen molar-refractivity contribution in [2.75, 3.05) is 18.7 Å². The zero-order valence-electron chi connectivity index (χ0n) is 20.1. The third-order valence-electron chi connectivity index (χ3n) is 7.69. The van der Waals surface area contributed by atoms with Crippen LogP contribution < -0.4 is 20.1 Å². The number of fused-ring (bicyclic) bond motifs is 1. The SMILES string of the molecule is O=C(Nc1ncc(C(NCC2CCCCC2)c2ccccc2Cl)s1)C1(c2ccc3c(c2)OCO3)CC1. The molecule has 1 atom stereocenters. The van der Waals surface area contributed by atoms with Gasteiger partial charge in [0.15, 0.2) is 16.6 Å². The molecule has 1 aromatic heterocycles. The first-order valence-electron chi connectivity index (χ1n) is 12.8. The molecule has 1 aliphatic heterocycles. The number of amides is 1. The lowest BCUT2D eigenvalue weighted by Crippen LogP contribution is -2.29. The number of rotatable bonds is 8. The predicted octanol–water partition coefficient (Wildman–Crippen LogP) is 6.45. The molecule has 1 unspecified atom stereocenters. The Morgan fingerprint density at radius 3 is 2.72 bits per heavy atom. The lowest BCUT2D eigenvalue weighted by atomic mass is 9.89. The second kappa shape index (κ2) is 10.0. The van der Waals surface area contributed by atoms with Crippen LogP contribution in [0.15, 0.2) is 48.7 Å². The Hall–Kier alpha value is -2.61. The van der Waals surface area contributed by atoms with Crippen molar-refractivity contribution < 1.29 is 14.3 Å². The van der Waals surface area contributed by atoms with E-state index in [1.807, 2.05) is 42.6 Å². The Bertz CT molecular complexity index is 1250. The van der Waals surface area contributed by atoms with E-state index in [4.69, 9.17) is 21.1 Å². The van der Waals surface area contributed by atoms with Crippen molar-refractivity contribution in [3.05, 3.63) is 69.7 Å². The van der Waals surface area contributed by atoms with Crippen molar-refractivity contribution in [3.8, 4) is 11.5 Å². The largest absolute Gasteiger partial charge is 0.454 e. The Labute approximate surface area is 220 Å². The molecule has 0 radical (unpaired) electrons. The van der Waals surface area contributed by atoms with E-state index in [1.165, 1.54) is 43.4 Å². The van der Waals surface area contributed by atoms with E-state index in [-0.39, 0.29) is 18.7 Å². The first-order valence-corrected chi connectivity index (χ1v) is 14.0. The number of thiazole rings is 1. The highest BCUT2D eigenvalue weighted by molar-refractivity contribution is 7.15. The number of hydrogen-bond acceptors (Lipinski definition) is 6. The number of ether oxygens (including phenoxy) is 2. The molecule has 2 heterocycles. The Kier molecular flexibility index (Phi) is 6.63. The number of aromatic nitrogens is 1. The fourth-order valence-corrected chi connectivity index (χ4v) is 6.56. The fourth-order valence-electron chi connectivity index (χ4n) is 5.41. The van der Waals surface area contributed by atoms with E-state index >= 15 is 0 Å². The molecular formula is C28H30ClN3O3S. The highest BCUT2D eigenvalue weighted by Crippen LogP contribution is 2.51. The molecule has 0 saturated heterocycles. The number of carbonyl (C=O) groups excluding carboxylic acids is 1. The van der Waals surface area contributed by atoms with Crippen LogP contribution in [0.5, 0.6) is 11.5 Å². The van der Waals surface area contributed by atoms with Gasteiger partial charge in [-0.05, 0) is 67.5 Å². The second-order valence-corrected chi connectivity index (χ2v) is 11.5. The molecule has 0 bridgehead atoms. The third-order valence-corrected chi connectivity index (χ3v) is 9.01. The number of benzene rings is 2. The monoisotopic (exact) mass is 523 g/mol. The molecule has 36 heavy (non-hydrogen) atoms. The molecule has 2 fully saturated rings. The number of carbonyl (C=O) groups is 1. The normalized spacial score (nSPS) is 19.1. The van der Waals surface area contributed by atoms with Gasteiger partial charge in [0.25, 0.3) is 0 Å². The average molecular weight is 524 g/mol. The van der Waals surface area contributed by atoms with Crippen LogP contribution in [0.4, 0.5) is 5.13 Å². The molecule has 1 amide bonds. The number of halogens is 1. The minimum atomic E-state index is -0.534. The van der Waals surface area contributed by atoms with E-state index in [2.05, 4.69) is 21.7 Å². The summed E-state index contributed by atoms with van der Waals surface area (Å²) in [6.45, 7) is 1.17. The van der Waals surface area contributed by atoms with E-state index < -0.39 is 5.41 Å². The Morgan fingerprint density at radius 1 is 1.11 bits per heavy atom. The molecule has 2 aliphatic carbocycles. The van der Waals surface area contributed by atoms with Crippen LogP contribution >= 0.6 is 22.9 Å². The van der Waals surface area contributed by atoms with Crippen LogP contribution in [0.3, 0.4) is 0 Å². The van der Waals surface area contributed by atoms with Gasteiger partial charge in [-0.2, -0.15) is 0 Å². The summed E-state index contributed by atoms with van der Waals surface area (Å²) in [5.41, 5.74) is 1.47. The van der Waals surface area contributed by atoms with Crippen molar-refractivity contribution in [1.29, 1.82) is 0 Å². The van der Waals surface area contributed by atoms with Gasteiger partial charge < -0.3 is 20.1 Å². The maximum Gasteiger partial charge on any atom is 0.236 e. The van der Waals surface area contributed by atoms with Gasteiger partial charge in [0.05, 0.1) is 11.5 Å². The van der Waals surface area contributed by atoms with E-state index in [0.717, 1.165) is 46.2 Å². The van der Waals surface area contributed by atoms with Gasteiger partial charge in [0.1, 0.15) is 0 Å². The Morgan fingerprint density at radius 2 is 1.92 bits per heavy atom. The second-order valence-electron chi connectivity index (χ2n) is 10.0. The quantitative estimate of drug-likeness (QED) is 0.355. The fraction of sp³-hybridized carbons (Fsp3) is 0.429. The molecule has 8 heteroatoms. The summed E-state index contributed by atoms with van der Waals surface area (Å²) in [4.78, 5) is 19.0. The summed E-state index contributed by atoms with van der Waals surface area (Å²) < 4.78 is 11.0. The minimum absolute atomic E-state index is 0.0216. The van der Waals surface area contributed by atoms with Crippen LogP contribution in [0.25, 0.3) is 0 Å². The van der Waals surface area contributed by atoms with E-state index in [1.54, 1.807) is 0 Å². The molecule has 188 valence electrons. The summed E-state index contributed by atoms with van der Waals surface area (Å²) in [5.74, 6) is 2.10. The van der Waals surface area contributed by atoms with Gasteiger partial charge in [-0.1, -0.05) is 66.5 Å². The van der Waals surface area contributed by atoms with Crippen molar-refractivity contribution in [3.63, 3.8) is 0 Å². The summed E-state index contributed by atoms with van der Waals surface area (Å²) in [6.07, 6.45) is 9.99. The smallest absolute Gasteiger partial charge is 0.236 e. The highest BCUT2D eigenvalue weighted by Gasteiger charge is 2.52. The van der Waals surface area contributed by atoms with E-state index in [9.17, 15) is 4.79 Å². The number of hydrogen-bond donors (Lipinski definition) is 2. The topological polar surface area (TPSA) is 72.5 Å². The Balaban J connectivity index is 1.19. The molecule has 6 rings (SSSR count). The van der Waals surface area contributed by atoms with Gasteiger partial charge >= 0.3 is 0 Å². The molecule has 2 aromatic carbocycles. The van der Waals surface area contributed by atoms with Crippen molar-refractivity contribution >= 4 is 34.0 Å². The molecule has 6 nitrogen and oxygen atoms in total. The summed E-state index contributed by atoms with van der Waals surface area (Å²) >= 11 is 8.12. The lowest BCUT2D eigenvalue weighted by molar-refractivity contribution is -0.118. The minimum Gasteiger partial charge on any atom is -0.454 e. The molecule has 2 N–H and O–H groups in total. The standard InChI is InChI=1S/C28H30ClN3O3S/c29-21-9-5-4-8-20(21)25(30-15-18-6-2-1-3-7-18)24-16-31-27(36-24)32-26(33)28(12-13-28)19-10-11-22-23(14-19)35-17-34-22/h4-5,8-11,14,16,18,25,30H,1-3,6-7,12-13,15,17H2,(H,31,32,33). The first-order chi connectivity index (χ1) is 17.6. The predicted molar refractivity (Wildman–Crippen MR) is 142 cm³/mol. The van der Waals surface area contributed by atoms with Crippen LogP contribution in [-0.2, 0) is 10.2 Å². The van der Waals surface area contributed by atoms with Crippen LogP contribution in [0.1, 0.15) is 67.0 Å². The molecular weight excluding hydrogens is 494 g/mol. The lowest BCUT2D eigenvalue weighted by Gasteiger charge is -2.25. The van der Waals surface area contributed by atoms with Crippen LogP contribution in [0, 0.1) is 5.92 Å². The molecule has 3 aromatic rings. The maximum atomic E-state index is 13.4. The van der Waals surface area contributed by atoms with Gasteiger partial charge in [-0.3, -0.25) is 4.79 Å². The zero-order chi connectivity index (χ0) is 24.5. The van der Waals surface area contributed by atoms with Gasteiger partial charge in [-0.15, -0.1) is 0 Å².